The van der Waals surface area contributed by atoms with Gasteiger partial charge in [-0.05, 0) is 30.3 Å². The van der Waals surface area contributed by atoms with Gasteiger partial charge < -0.3 is 19.1 Å². The molecule has 0 N–H and O–H groups in total. The van der Waals surface area contributed by atoms with E-state index in [9.17, 15) is 0 Å². The van der Waals surface area contributed by atoms with Gasteiger partial charge in [-0.15, -0.1) is 0 Å². The highest BCUT2D eigenvalue weighted by atomic mass is 16.6. The fourth-order valence-electron chi connectivity index (χ4n) is 3.76. The SMILES string of the molecule is Cn1ccc(-c2ccc(OC[C@@H]3CN(c4ccccc4)COCCO3)c3nccn23)n1. The zero-order valence-corrected chi connectivity index (χ0v) is 17.4. The predicted octanol–water partition coefficient (Wildman–Crippen LogP) is 2.99. The summed E-state index contributed by atoms with van der Waals surface area (Å²) in [5.41, 5.74) is 3.72. The maximum absolute atomic E-state index is 6.19. The van der Waals surface area contributed by atoms with Crippen LogP contribution in [-0.2, 0) is 16.5 Å². The zero-order valence-electron chi connectivity index (χ0n) is 17.4. The highest BCUT2D eigenvalue weighted by molar-refractivity contribution is 5.65. The highest BCUT2D eigenvalue weighted by Gasteiger charge is 2.20. The average Bonchev–Trinajstić information content (AvgIpc) is 3.43. The quantitative estimate of drug-likeness (QED) is 0.496. The fraction of sp³-hybridized carbons (Fsp3) is 0.304. The van der Waals surface area contributed by atoms with E-state index in [0.29, 0.717) is 33.1 Å². The van der Waals surface area contributed by atoms with E-state index in [1.54, 1.807) is 10.9 Å². The minimum absolute atomic E-state index is 0.0883. The Labute approximate surface area is 180 Å². The predicted molar refractivity (Wildman–Crippen MR) is 117 cm³/mol. The largest absolute Gasteiger partial charge is 0.487 e. The molecule has 0 unspecified atom stereocenters. The van der Waals surface area contributed by atoms with Gasteiger partial charge in [0.15, 0.2) is 11.4 Å². The molecule has 0 radical (unpaired) electrons. The number of hydrogen-bond donors (Lipinski definition) is 0. The normalized spacial score (nSPS) is 17.5. The molecule has 3 aromatic heterocycles. The average molecular weight is 419 g/mol. The maximum Gasteiger partial charge on any atom is 0.180 e. The molecule has 0 aliphatic carbocycles. The van der Waals surface area contributed by atoms with Crippen molar-refractivity contribution in [3.63, 3.8) is 0 Å². The number of imidazole rings is 1. The lowest BCUT2D eigenvalue weighted by Crippen LogP contribution is -2.41. The lowest BCUT2D eigenvalue weighted by molar-refractivity contribution is -0.0296. The number of pyridine rings is 1. The Hall–Kier alpha value is -3.36. The molecule has 1 fully saturated rings. The number of benzene rings is 1. The Balaban J connectivity index is 1.33. The molecule has 1 saturated heterocycles. The lowest BCUT2D eigenvalue weighted by atomic mass is 10.2. The summed E-state index contributed by atoms with van der Waals surface area (Å²) in [6, 6.07) is 16.2. The fourth-order valence-corrected chi connectivity index (χ4v) is 3.76. The van der Waals surface area contributed by atoms with Crippen LogP contribution in [0.25, 0.3) is 17.0 Å². The number of aryl methyl sites for hydroxylation is 1. The molecule has 1 aliphatic rings. The van der Waals surface area contributed by atoms with Crippen LogP contribution < -0.4 is 9.64 Å². The Bertz CT molecular complexity index is 1140. The van der Waals surface area contributed by atoms with E-state index in [1.807, 2.05) is 60.2 Å². The Kier molecular flexibility index (Phi) is 5.56. The summed E-state index contributed by atoms with van der Waals surface area (Å²) in [6.45, 7) is 2.75. The summed E-state index contributed by atoms with van der Waals surface area (Å²) in [5.74, 6) is 0.720. The van der Waals surface area contributed by atoms with Crippen molar-refractivity contribution in [2.24, 2.45) is 7.05 Å². The van der Waals surface area contributed by atoms with Gasteiger partial charge in [-0.3, -0.25) is 9.08 Å². The summed E-state index contributed by atoms with van der Waals surface area (Å²) < 4.78 is 21.7. The van der Waals surface area contributed by atoms with Crippen molar-refractivity contribution in [3.8, 4) is 17.1 Å². The van der Waals surface area contributed by atoms with Crippen LogP contribution >= 0.6 is 0 Å². The number of rotatable bonds is 5. The summed E-state index contributed by atoms with van der Waals surface area (Å²) in [7, 11) is 1.91. The molecule has 1 aromatic carbocycles. The van der Waals surface area contributed by atoms with E-state index in [0.717, 1.165) is 28.5 Å². The van der Waals surface area contributed by atoms with Crippen molar-refractivity contribution in [3.05, 3.63) is 67.1 Å². The maximum atomic E-state index is 6.19. The number of hydrogen-bond acceptors (Lipinski definition) is 6. The molecule has 5 rings (SSSR count). The first-order chi connectivity index (χ1) is 15.3. The molecule has 31 heavy (non-hydrogen) atoms. The molecule has 8 nitrogen and oxygen atoms in total. The second-order valence-corrected chi connectivity index (χ2v) is 7.48. The van der Waals surface area contributed by atoms with Crippen LogP contribution in [0.15, 0.2) is 67.1 Å². The summed E-state index contributed by atoms with van der Waals surface area (Å²) >= 11 is 0. The van der Waals surface area contributed by atoms with Gasteiger partial charge in [-0.1, -0.05) is 18.2 Å². The van der Waals surface area contributed by atoms with E-state index in [-0.39, 0.29) is 6.10 Å². The number of nitrogens with zero attached hydrogens (tertiary/aromatic N) is 5. The summed E-state index contributed by atoms with van der Waals surface area (Å²) in [6.07, 6.45) is 5.54. The van der Waals surface area contributed by atoms with E-state index < -0.39 is 0 Å². The minimum Gasteiger partial charge on any atom is -0.487 e. The van der Waals surface area contributed by atoms with Crippen LogP contribution in [0.3, 0.4) is 0 Å². The number of ether oxygens (including phenoxy) is 3. The lowest BCUT2D eigenvalue weighted by Gasteiger charge is -2.31. The number of fused-ring (bicyclic) bond motifs is 1. The summed E-state index contributed by atoms with van der Waals surface area (Å²) in [5, 5.41) is 4.51. The third kappa shape index (κ3) is 4.26. The van der Waals surface area contributed by atoms with Crippen LogP contribution in [0.1, 0.15) is 0 Å². The molecule has 0 amide bonds. The molecule has 160 valence electrons. The standard InChI is InChI=1S/C23H25N5O3/c1-26-11-9-20(25-26)21-7-8-22(23-24-10-12-28(21)23)31-16-19-15-27(17-29-13-14-30-19)18-5-3-2-4-6-18/h2-12,19H,13-17H2,1H3/t19-/m0/s1. The number of aromatic nitrogens is 4. The smallest absolute Gasteiger partial charge is 0.180 e. The molecular weight excluding hydrogens is 394 g/mol. The molecular formula is C23H25N5O3. The van der Waals surface area contributed by atoms with E-state index in [2.05, 4.69) is 27.1 Å². The first kappa shape index (κ1) is 19.6. The summed E-state index contributed by atoms with van der Waals surface area (Å²) in [4.78, 5) is 6.67. The molecule has 0 bridgehead atoms. The molecule has 1 atom stereocenters. The van der Waals surface area contributed by atoms with Crippen molar-refractivity contribution < 1.29 is 14.2 Å². The van der Waals surface area contributed by atoms with E-state index in [4.69, 9.17) is 14.2 Å². The Morgan fingerprint density at radius 1 is 1.06 bits per heavy atom. The Morgan fingerprint density at radius 3 is 2.81 bits per heavy atom. The van der Waals surface area contributed by atoms with Gasteiger partial charge in [-0.25, -0.2) is 4.98 Å². The Morgan fingerprint density at radius 2 is 1.97 bits per heavy atom. The van der Waals surface area contributed by atoms with Gasteiger partial charge in [0.25, 0.3) is 0 Å². The van der Waals surface area contributed by atoms with E-state index >= 15 is 0 Å². The van der Waals surface area contributed by atoms with Crippen molar-refractivity contribution >= 4 is 11.3 Å². The number of anilines is 1. The van der Waals surface area contributed by atoms with Gasteiger partial charge in [0, 0.05) is 37.9 Å². The molecule has 4 aromatic rings. The van der Waals surface area contributed by atoms with Crippen LogP contribution in [0.2, 0.25) is 0 Å². The third-order valence-corrected chi connectivity index (χ3v) is 5.29. The minimum atomic E-state index is -0.0883. The second kappa shape index (κ2) is 8.79. The van der Waals surface area contributed by atoms with Crippen molar-refractivity contribution in [2.45, 2.75) is 6.10 Å². The van der Waals surface area contributed by atoms with Crippen molar-refractivity contribution in [1.29, 1.82) is 0 Å². The molecule has 0 saturated carbocycles. The van der Waals surface area contributed by atoms with Crippen molar-refractivity contribution in [2.75, 3.05) is 38.0 Å². The number of para-hydroxylation sites is 1. The van der Waals surface area contributed by atoms with Crippen LogP contribution in [0.5, 0.6) is 5.75 Å². The monoisotopic (exact) mass is 419 g/mol. The van der Waals surface area contributed by atoms with Crippen molar-refractivity contribution in [1.82, 2.24) is 19.2 Å². The van der Waals surface area contributed by atoms with Crippen LogP contribution in [0, 0.1) is 0 Å². The topological polar surface area (TPSA) is 66.0 Å². The zero-order chi connectivity index (χ0) is 21.0. The van der Waals surface area contributed by atoms with Gasteiger partial charge >= 0.3 is 0 Å². The van der Waals surface area contributed by atoms with Gasteiger partial charge in [0.2, 0.25) is 0 Å². The van der Waals surface area contributed by atoms with Gasteiger partial charge in [-0.2, -0.15) is 5.10 Å². The molecule has 0 spiro atoms. The van der Waals surface area contributed by atoms with Crippen LogP contribution in [0.4, 0.5) is 5.69 Å². The molecule has 8 heteroatoms. The van der Waals surface area contributed by atoms with E-state index in [1.165, 1.54) is 0 Å². The highest BCUT2D eigenvalue weighted by Crippen LogP contribution is 2.26. The molecule has 1 aliphatic heterocycles. The first-order valence-corrected chi connectivity index (χ1v) is 10.4. The molecule has 4 heterocycles. The van der Waals surface area contributed by atoms with Gasteiger partial charge in [0.1, 0.15) is 25.1 Å². The first-order valence-electron chi connectivity index (χ1n) is 10.4. The van der Waals surface area contributed by atoms with Crippen LogP contribution in [-0.4, -0.2) is 58.4 Å². The third-order valence-electron chi connectivity index (χ3n) is 5.29. The van der Waals surface area contributed by atoms with Gasteiger partial charge in [0.05, 0.1) is 18.9 Å². The second-order valence-electron chi connectivity index (χ2n) is 7.48.